The summed E-state index contributed by atoms with van der Waals surface area (Å²) in [5.41, 5.74) is 0.190. The maximum atomic E-state index is 9.77. The Labute approximate surface area is 127 Å². The van der Waals surface area contributed by atoms with Gasteiger partial charge in [0.15, 0.2) is 11.6 Å². The van der Waals surface area contributed by atoms with E-state index in [9.17, 15) is 5.11 Å². The fourth-order valence-corrected chi connectivity index (χ4v) is 1.88. The number of nitrogens with one attached hydrogen (secondary N) is 3. The number of hydrogen-bond acceptors (Lipinski definition) is 8. The van der Waals surface area contributed by atoms with Crippen LogP contribution in [0.15, 0.2) is 0 Å². The van der Waals surface area contributed by atoms with E-state index in [0.717, 1.165) is 0 Å². The number of hydrogen-bond donors (Lipinski definition) is 4. The second-order valence-corrected chi connectivity index (χ2v) is 5.44. The van der Waals surface area contributed by atoms with Gasteiger partial charge in [-0.05, 0) is 25.4 Å². The molecule has 114 valence electrons. The number of aromatic nitrogens is 4. The second-order valence-electron chi connectivity index (χ2n) is 5.10. The van der Waals surface area contributed by atoms with Crippen LogP contribution in [-0.2, 0) is 0 Å². The zero-order valence-electron chi connectivity index (χ0n) is 12.3. The Balaban J connectivity index is 2.53. The molecule has 2 rings (SSSR count). The first kappa shape index (κ1) is 15.5. The molecule has 0 spiro atoms. The number of rotatable bonds is 5. The van der Waals surface area contributed by atoms with Crippen LogP contribution < -0.4 is 16.0 Å². The first-order chi connectivity index (χ1) is 9.84. The topological polar surface area (TPSA) is 108 Å². The summed E-state index contributed by atoms with van der Waals surface area (Å²) < 4.78 is 0. The van der Waals surface area contributed by atoms with Crippen molar-refractivity contribution in [3.63, 3.8) is 0 Å². The third kappa shape index (κ3) is 3.59. The van der Waals surface area contributed by atoms with Gasteiger partial charge in [0, 0.05) is 20.6 Å². The van der Waals surface area contributed by atoms with Crippen LogP contribution in [0.4, 0.5) is 17.6 Å². The highest BCUT2D eigenvalue weighted by Crippen LogP contribution is 2.26. The fourth-order valence-electron chi connectivity index (χ4n) is 1.71. The van der Waals surface area contributed by atoms with Crippen LogP contribution >= 0.6 is 11.6 Å². The van der Waals surface area contributed by atoms with Gasteiger partial charge >= 0.3 is 0 Å². The maximum absolute atomic E-state index is 9.77. The molecule has 0 unspecified atom stereocenters. The summed E-state index contributed by atoms with van der Waals surface area (Å²) in [5.74, 6) is 1.41. The Morgan fingerprint density at radius 3 is 2.14 bits per heavy atom. The number of fused-ring (bicyclic) bond motifs is 1. The van der Waals surface area contributed by atoms with Gasteiger partial charge in [-0.1, -0.05) is 0 Å². The number of halogens is 1. The average molecular weight is 312 g/mol. The predicted octanol–water partition coefficient (Wildman–Crippen LogP) is 1.34. The summed E-state index contributed by atoms with van der Waals surface area (Å²) >= 11 is 5.90. The highest BCUT2D eigenvalue weighted by atomic mass is 35.5. The zero-order chi connectivity index (χ0) is 15.6. The Morgan fingerprint density at radius 1 is 1.00 bits per heavy atom. The van der Waals surface area contributed by atoms with E-state index >= 15 is 0 Å². The molecular formula is C12H18ClN7O. The molecule has 2 heterocycles. The molecule has 2 aromatic rings. The van der Waals surface area contributed by atoms with Gasteiger partial charge in [0.25, 0.3) is 0 Å². The van der Waals surface area contributed by atoms with Crippen LogP contribution in [0.25, 0.3) is 11.0 Å². The van der Waals surface area contributed by atoms with E-state index in [4.69, 9.17) is 11.6 Å². The van der Waals surface area contributed by atoms with Crippen LogP contribution in [0, 0.1) is 0 Å². The third-order valence-corrected chi connectivity index (χ3v) is 2.84. The van der Waals surface area contributed by atoms with Crippen molar-refractivity contribution in [3.8, 4) is 0 Å². The molecule has 0 bridgehead atoms. The van der Waals surface area contributed by atoms with Crippen molar-refractivity contribution in [1.82, 2.24) is 19.9 Å². The SMILES string of the molecule is CNc1nc(NCC(C)(C)O)nc2c(NC)nc(Cl)nc12. The summed E-state index contributed by atoms with van der Waals surface area (Å²) in [6, 6.07) is 0. The first-order valence-corrected chi connectivity index (χ1v) is 6.79. The van der Waals surface area contributed by atoms with Crippen LogP contribution in [0.3, 0.4) is 0 Å². The molecule has 0 atom stereocenters. The fraction of sp³-hybridized carbons (Fsp3) is 0.500. The quantitative estimate of drug-likeness (QED) is 0.613. The molecule has 0 aliphatic rings. The van der Waals surface area contributed by atoms with E-state index in [1.165, 1.54) is 0 Å². The molecule has 0 saturated heterocycles. The summed E-state index contributed by atoms with van der Waals surface area (Å²) in [5, 5.41) is 18.8. The predicted molar refractivity (Wildman–Crippen MR) is 84.0 cm³/mol. The number of aliphatic hydroxyl groups is 1. The molecule has 0 aliphatic carbocycles. The standard InChI is InChI=1S/C12H18ClN7O/c1-12(2,21)5-16-11-18-7-6(9(15-4)20-11)17-10(13)19-8(7)14-3/h21H,5H2,1-4H3,(H,14,17,19)(H2,15,16,18,20). The van der Waals surface area contributed by atoms with Crippen molar-refractivity contribution in [1.29, 1.82) is 0 Å². The molecule has 2 aromatic heterocycles. The molecule has 4 N–H and O–H groups in total. The molecule has 0 aromatic carbocycles. The molecule has 0 amide bonds. The summed E-state index contributed by atoms with van der Waals surface area (Å²) in [6.07, 6.45) is 0. The van der Waals surface area contributed by atoms with Crippen molar-refractivity contribution in [2.75, 3.05) is 36.6 Å². The van der Waals surface area contributed by atoms with Gasteiger partial charge in [-0.3, -0.25) is 0 Å². The molecule has 8 nitrogen and oxygen atoms in total. The van der Waals surface area contributed by atoms with Gasteiger partial charge in [0.2, 0.25) is 11.2 Å². The van der Waals surface area contributed by atoms with E-state index in [-0.39, 0.29) is 5.28 Å². The van der Waals surface area contributed by atoms with Gasteiger partial charge in [-0.2, -0.15) is 9.97 Å². The van der Waals surface area contributed by atoms with E-state index in [1.807, 2.05) is 0 Å². The minimum absolute atomic E-state index is 0.115. The molecule has 0 fully saturated rings. The molecule has 0 saturated carbocycles. The number of nitrogens with zero attached hydrogens (tertiary/aromatic N) is 4. The van der Waals surface area contributed by atoms with Crippen molar-refractivity contribution in [2.45, 2.75) is 19.4 Å². The molecule has 0 aliphatic heterocycles. The Kier molecular flexibility index (Phi) is 4.29. The third-order valence-electron chi connectivity index (χ3n) is 2.67. The van der Waals surface area contributed by atoms with E-state index in [1.54, 1.807) is 27.9 Å². The molecule has 21 heavy (non-hydrogen) atoms. The second kappa shape index (κ2) is 5.82. The van der Waals surface area contributed by atoms with Crippen LogP contribution in [0.2, 0.25) is 5.28 Å². The lowest BCUT2D eigenvalue weighted by atomic mass is 10.1. The lowest BCUT2D eigenvalue weighted by molar-refractivity contribution is 0.0943. The lowest BCUT2D eigenvalue weighted by Gasteiger charge is -2.18. The minimum Gasteiger partial charge on any atom is -0.389 e. The molecular weight excluding hydrogens is 294 g/mol. The van der Waals surface area contributed by atoms with E-state index < -0.39 is 5.60 Å². The van der Waals surface area contributed by atoms with Crippen LogP contribution in [-0.4, -0.2) is 51.3 Å². The van der Waals surface area contributed by atoms with Crippen molar-refractivity contribution >= 4 is 40.2 Å². The minimum atomic E-state index is -0.875. The van der Waals surface area contributed by atoms with Gasteiger partial charge in [0.1, 0.15) is 11.0 Å². The Morgan fingerprint density at radius 2 is 1.57 bits per heavy atom. The average Bonchev–Trinajstić information content (AvgIpc) is 2.42. The van der Waals surface area contributed by atoms with Crippen LogP contribution in [0.5, 0.6) is 0 Å². The van der Waals surface area contributed by atoms with Gasteiger partial charge < -0.3 is 21.1 Å². The van der Waals surface area contributed by atoms with Crippen molar-refractivity contribution < 1.29 is 5.11 Å². The normalized spacial score (nSPS) is 11.5. The smallest absolute Gasteiger partial charge is 0.225 e. The zero-order valence-corrected chi connectivity index (χ0v) is 13.1. The van der Waals surface area contributed by atoms with Crippen molar-refractivity contribution in [2.24, 2.45) is 0 Å². The van der Waals surface area contributed by atoms with Crippen LogP contribution in [0.1, 0.15) is 13.8 Å². The largest absolute Gasteiger partial charge is 0.389 e. The summed E-state index contributed by atoms with van der Waals surface area (Å²) in [6.45, 7) is 3.70. The van der Waals surface area contributed by atoms with Crippen molar-refractivity contribution in [3.05, 3.63) is 5.28 Å². The van der Waals surface area contributed by atoms with Gasteiger partial charge in [0.05, 0.1) is 5.60 Å². The number of anilines is 3. The monoisotopic (exact) mass is 311 g/mol. The van der Waals surface area contributed by atoms with E-state index in [0.29, 0.717) is 35.2 Å². The molecule has 0 radical (unpaired) electrons. The highest BCUT2D eigenvalue weighted by molar-refractivity contribution is 6.29. The van der Waals surface area contributed by atoms with Gasteiger partial charge in [-0.15, -0.1) is 0 Å². The summed E-state index contributed by atoms with van der Waals surface area (Å²) in [7, 11) is 3.46. The Hall–Kier alpha value is -1.93. The van der Waals surface area contributed by atoms with E-state index in [2.05, 4.69) is 35.9 Å². The lowest BCUT2D eigenvalue weighted by Crippen LogP contribution is -2.30. The summed E-state index contributed by atoms with van der Waals surface area (Å²) in [4.78, 5) is 16.9. The first-order valence-electron chi connectivity index (χ1n) is 6.41. The Bertz CT molecular complexity index is 656. The molecule has 9 heteroatoms. The maximum Gasteiger partial charge on any atom is 0.225 e. The highest BCUT2D eigenvalue weighted by Gasteiger charge is 2.16. The van der Waals surface area contributed by atoms with Gasteiger partial charge in [-0.25, -0.2) is 9.97 Å².